The van der Waals surface area contributed by atoms with Gasteiger partial charge in [-0.05, 0) is 48.6 Å². The fraction of sp³-hybridized carbons (Fsp3) is 0.519. The van der Waals surface area contributed by atoms with Crippen molar-refractivity contribution in [3.8, 4) is 5.75 Å². The molecule has 1 saturated heterocycles. The minimum atomic E-state index is -0.900. The zero-order chi connectivity index (χ0) is 24.6. The van der Waals surface area contributed by atoms with Gasteiger partial charge in [-0.2, -0.15) is 0 Å². The Bertz CT molecular complexity index is 971. The molecule has 7 nitrogen and oxygen atoms in total. The Hall–Kier alpha value is -2.48. The van der Waals surface area contributed by atoms with Crippen molar-refractivity contribution < 1.29 is 24.1 Å². The number of piperidine rings is 1. The molecule has 2 unspecified atom stereocenters. The quantitative estimate of drug-likeness (QED) is 0.360. The fourth-order valence-electron chi connectivity index (χ4n) is 4.84. The van der Waals surface area contributed by atoms with Gasteiger partial charge in [0.25, 0.3) is 0 Å². The van der Waals surface area contributed by atoms with Gasteiger partial charge in [-0.25, -0.2) is 4.79 Å². The summed E-state index contributed by atoms with van der Waals surface area (Å²) in [5.41, 5.74) is 4.36. The van der Waals surface area contributed by atoms with E-state index in [-0.39, 0.29) is 12.0 Å². The molecule has 1 N–H and O–H groups in total. The molecule has 2 aliphatic rings. The molecule has 0 spiro atoms. The second-order valence-electron chi connectivity index (χ2n) is 9.04. The number of hydrogen-bond acceptors (Lipinski definition) is 5. The number of fused-ring (bicyclic) bond motifs is 1. The van der Waals surface area contributed by atoms with Crippen LogP contribution in [-0.2, 0) is 22.0 Å². The van der Waals surface area contributed by atoms with Gasteiger partial charge in [0.05, 0.1) is 31.5 Å². The van der Waals surface area contributed by atoms with Gasteiger partial charge in [0.2, 0.25) is 0 Å². The second kappa shape index (κ2) is 12.5. The Labute approximate surface area is 212 Å². The van der Waals surface area contributed by atoms with Gasteiger partial charge in [0.15, 0.2) is 0 Å². The summed E-state index contributed by atoms with van der Waals surface area (Å²) in [5, 5.41) is 9.56. The molecule has 0 bridgehead atoms. The Morgan fingerprint density at radius 3 is 2.71 bits per heavy atom. The standard InChI is InChI=1S/C27H35ClN2O5/c1-2-33-14-3-11-29-13-15-34-25-9-6-21(16-24(25)29)19-35-26-18-30(27(31)32)12-10-23(26)22-7-4-20(17-28)5-8-22/h4-9,16,23,26H,2-3,10-15,17-19H2,1H3,(H,31,32). The number of ether oxygens (including phenoxy) is 3. The summed E-state index contributed by atoms with van der Waals surface area (Å²) in [6.45, 7) is 7.21. The number of anilines is 1. The van der Waals surface area contributed by atoms with Gasteiger partial charge in [-0.15, -0.1) is 11.6 Å². The molecule has 0 saturated carbocycles. The van der Waals surface area contributed by atoms with Crippen LogP contribution in [0.3, 0.4) is 0 Å². The maximum Gasteiger partial charge on any atom is 0.407 e. The molecule has 2 aromatic carbocycles. The molecule has 0 aliphatic carbocycles. The molecule has 2 heterocycles. The molecule has 190 valence electrons. The summed E-state index contributed by atoms with van der Waals surface area (Å²) in [4.78, 5) is 15.4. The highest BCUT2D eigenvalue weighted by Crippen LogP contribution is 2.35. The predicted molar refractivity (Wildman–Crippen MR) is 137 cm³/mol. The van der Waals surface area contributed by atoms with E-state index in [0.717, 1.165) is 67.3 Å². The minimum Gasteiger partial charge on any atom is -0.490 e. The first-order valence-corrected chi connectivity index (χ1v) is 12.9. The molecular weight excluding hydrogens is 468 g/mol. The molecule has 2 aromatic rings. The van der Waals surface area contributed by atoms with Crippen molar-refractivity contribution >= 4 is 23.4 Å². The Morgan fingerprint density at radius 2 is 1.97 bits per heavy atom. The van der Waals surface area contributed by atoms with E-state index in [0.29, 0.717) is 32.2 Å². The number of alkyl halides is 1. The minimum absolute atomic E-state index is 0.131. The van der Waals surface area contributed by atoms with E-state index in [1.165, 1.54) is 4.90 Å². The number of rotatable bonds is 10. The van der Waals surface area contributed by atoms with Crippen LogP contribution in [0.2, 0.25) is 0 Å². The Balaban J connectivity index is 1.45. The molecule has 0 radical (unpaired) electrons. The SMILES string of the molecule is CCOCCCN1CCOc2ccc(COC3CN(C(=O)O)CCC3c3ccc(CCl)cc3)cc21. The highest BCUT2D eigenvalue weighted by Gasteiger charge is 2.33. The van der Waals surface area contributed by atoms with Gasteiger partial charge in [0, 0.05) is 38.1 Å². The van der Waals surface area contributed by atoms with Crippen LogP contribution in [0.15, 0.2) is 42.5 Å². The third-order valence-electron chi connectivity index (χ3n) is 6.76. The number of amides is 1. The highest BCUT2D eigenvalue weighted by molar-refractivity contribution is 6.17. The molecule has 2 aliphatic heterocycles. The van der Waals surface area contributed by atoms with E-state index in [2.05, 4.69) is 23.1 Å². The lowest BCUT2D eigenvalue weighted by molar-refractivity contribution is -0.0199. The zero-order valence-electron chi connectivity index (χ0n) is 20.3. The van der Waals surface area contributed by atoms with E-state index < -0.39 is 6.09 Å². The number of likely N-dealkylation sites (tertiary alicyclic amines) is 1. The maximum absolute atomic E-state index is 11.7. The summed E-state index contributed by atoms with van der Waals surface area (Å²) in [5.74, 6) is 1.50. The third kappa shape index (κ3) is 6.60. The average Bonchev–Trinajstić information content (AvgIpc) is 2.90. The van der Waals surface area contributed by atoms with Crippen molar-refractivity contribution in [3.63, 3.8) is 0 Å². The number of nitrogens with zero attached hydrogens (tertiary/aromatic N) is 2. The molecule has 8 heteroatoms. The van der Waals surface area contributed by atoms with Gasteiger partial charge in [-0.1, -0.05) is 30.3 Å². The summed E-state index contributed by atoms with van der Waals surface area (Å²) >= 11 is 5.95. The summed E-state index contributed by atoms with van der Waals surface area (Å²) in [6, 6.07) is 14.4. The Morgan fingerprint density at radius 1 is 1.17 bits per heavy atom. The van der Waals surface area contributed by atoms with E-state index in [1.54, 1.807) is 0 Å². The highest BCUT2D eigenvalue weighted by atomic mass is 35.5. The van der Waals surface area contributed by atoms with Crippen LogP contribution in [0.4, 0.5) is 10.5 Å². The first-order valence-electron chi connectivity index (χ1n) is 12.4. The van der Waals surface area contributed by atoms with Crippen molar-refractivity contribution in [2.45, 2.75) is 44.3 Å². The van der Waals surface area contributed by atoms with Crippen molar-refractivity contribution in [3.05, 3.63) is 59.2 Å². The van der Waals surface area contributed by atoms with Crippen LogP contribution >= 0.6 is 11.6 Å². The first kappa shape index (κ1) is 25.6. The topological polar surface area (TPSA) is 71.5 Å². The van der Waals surface area contributed by atoms with E-state index in [1.807, 2.05) is 31.2 Å². The van der Waals surface area contributed by atoms with Gasteiger partial charge in [-0.3, -0.25) is 0 Å². The smallest absolute Gasteiger partial charge is 0.407 e. The van der Waals surface area contributed by atoms with Crippen molar-refractivity contribution in [1.29, 1.82) is 0 Å². The van der Waals surface area contributed by atoms with Gasteiger partial charge >= 0.3 is 6.09 Å². The van der Waals surface area contributed by atoms with E-state index >= 15 is 0 Å². The number of halogens is 1. The maximum atomic E-state index is 11.7. The predicted octanol–water partition coefficient (Wildman–Crippen LogP) is 5.10. The first-order chi connectivity index (χ1) is 17.1. The molecule has 2 atom stereocenters. The van der Waals surface area contributed by atoms with E-state index in [4.69, 9.17) is 25.8 Å². The molecule has 1 fully saturated rings. The number of hydrogen-bond donors (Lipinski definition) is 1. The van der Waals surface area contributed by atoms with E-state index in [9.17, 15) is 9.90 Å². The number of carboxylic acid groups (broad SMARTS) is 1. The number of carbonyl (C=O) groups is 1. The molecular formula is C27H35ClN2O5. The molecule has 0 aromatic heterocycles. The Kier molecular flexibility index (Phi) is 9.12. The largest absolute Gasteiger partial charge is 0.490 e. The van der Waals surface area contributed by atoms with Crippen molar-refractivity contribution in [1.82, 2.24) is 4.90 Å². The van der Waals surface area contributed by atoms with Crippen LogP contribution < -0.4 is 9.64 Å². The summed E-state index contributed by atoms with van der Waals surface area (Å²) in [6.07, 6.45) is 0.563. The van der Waals surface area contributed by atoms with Crippen LogP contribution in [0.1, 0.15) is 42.4 Å². The normalized spacial score (nSPS) is 19.8. The van der Waals surface area contributed by atoms with Gasteiger partial charge in [0.1, 0.15) is 12.4 Å². The lowest BCUT2D eigenvalue weighted by Crippen LogP contribution is -2.46. The number of benzene rings is 2. The van der Waals surface area contributed by atoms with Crippen molar-refractivity contribution in [2.24, 2.45) is 0 Å². The second-order valence-corrected chi connectivity index (χ2v) is 9.30. The van der Waals surface area contributed by atoms with Crippen LogP contribution in [-0.4, -0.2) is 68.2 Å². The van der Waals surface area contributed by atoms with Crippen LogP contribution in [0, 0.1) is 0 Å². The lowest BCUT2D eigenvalue weighted by atomic mass is 9.86. The zero-order valence-corrected chi connectivity index (χ0v) is 21.1. The van der Waals surface area contributed by atoms with Gasteiger partial charge < -0.3 is 29.1 Å². The third-order valence-corrected chi connectivity index (χ3v) is 7.07. The lowest BCUT2D eigenvalue weighted by Gasteiger charge is -2.37. The molecule has 1 amide bonds. The fourth-order valence-corrected chi connectivity index (χ4v) is 5.02. The summed E-state index contributed by atoms with van der Waals surface area (Å²) in [7, 11) is 0. The van der Waals surface area contributed by atoms with Crippen molar-refractivity contribution in [2.75, 3.05) is 50.9 Å². The summed E-state index contributed by atoms with van der Waals surface area (Å²) < 4.78 is 17.8. The molecule has 4 rings (SSSR count). The van der Waals surface area contributed by atoms with Crippen LogP contribution in [0.25, 0.3) is 0 Å². The monoisotopic (exact) mass is 502 g/mol. The van der Waals surface area contributed by atoms with Crippen LogP contribution in [0.5, 0.6) is 5.75 Å². The molecule has 35 heavy (non-hydrogen) atoms. The average molecular weight is 503 g/mol.